The molecule has 2 rings (SSSR count). The second-order valence-corrected chi connectivity index (χ2v) is 5.68. The molecule has 1 N–H and O–H groups in total. The van der Waals surface area contributed by atoms with Gasteiger partial charge >= 0.3 is 5.97 Å². The summed E-state index contributed by atoms with van der Waals surface area (Å²) in [5.74, 6) is -0.977. The molecule has 0 radical (unpaired) electrons. The molecular weight excluding hydrogens is 348 g/mol. The van der Waals surface area contributed by atoms with E-state index in [0.717, 1.165) is 11.1 Å². The van der Waals surface area contributed by atoms with Crippen LogP contribution in [0.25, 0.3) is 0 Å². The van der Waals surface area contributed by atoms with Gasteiger partial charge in [0.25, 0.3) is 5.91 Å². The Balaban J connectivity index is 1.93. The highest BCUT2D eigenvalue weighted by Gasteiger charge is 2.12. The Morgan fingerprint density at radius 1 is 1.27 bits per heavy atom. The maximum atomic E-state index is 11.9. The van der Waals surface area contributed by atoms with Crippen LogP contribution in [0.2, 0.25) is 0 Å². The zero-order chi connectivity index (χ0) is 16.1. The lowest BCUT2D eigenvalue weighted by molar-refractivity contribution is -0.119. The number of rotatable bonds is 4. The van der Waals surface area contributed by atoms with Gasteiger partial charge in [0.15, 0.2) is 6.61 Å². The third-order valence-electron chi connectivity index (χ3n) is 3.15. The van der Waals surface area contributed by atoms with E-state index in [2.05, 4.69) is 26.2 Å². The molecule has 1 aromatic carbocycles. The number of nitrogens with zero attached hydrogens (tertiary/aromatic N) is 1. The molecule has 1 amide bonds. The Hall–Kier alpha value is -2.21. The minimum Gasteiger partial charge on any atom is -0.452 e. The van der Waals surface area contributed by atoms with Crippen molar-refractivity contribution in [2.75, 3.05) is 11.9 Å². The summed E-state index contributed by atoms with van der Waals surface area (Å²) in [6.07, 6.45) is 2.94. The fourth-order valence-electron chi connectivity index (χ4n) is 1.81. The van der Waals surface area contributed by atoms with Crippen molar-refractivity contribution in [2.24, 2.45) is 0 Å². The number of ether oxygens (including phenoxy) is 1. The average molecular weight is 363 g/mol. The molecule has 1 heterocycles. The van der Waals surface area contributed by atoms with E-state index in [9.17, 15) is 9.59 Å². The summed E-state index contributed by atoms with van der Waals surface area (Å²) in [6, 6.07) is 7.21. The third kappa shape index (κ3) is 4.14. The number of nitrogens with one attached hydrogen (secondary N) is 1. The van der Waals surface area contributed by atoms with Crippen LogP contribution in [-0.2, 0) is 9.53 Å². The summed E-state index contributed by atoms with van der Waals surface area (Å²) in [5.41, 5.74) is 3.06. The molecule has 0 aliphatic heterocycles. The lowest BCUT2D eigenvalue weighted by Gasteiger charge is -2.10. The largest absolute Gasteiger partial charge is 0.452 e. The molecule has 114 valence electrons. The van der Waals surface area contributed by atoms with Crippen molar-refractivity contribution in [3.63, 3.8) is 0 Å². The minimum atomic E-state index is -0.593. The Kier molecular flexibility index (Phi) is 5.27. The van der Waals surface area contributed by atoms with Gasteiger partial charge < -0.3 is 10.1 Å². The van der Waals surface area contributed by atoms with Crippen molar-refractivity contribution in [1.82, 2.24) is 4.98 Å². The van der Waals surface area contributed by atoms with E-state index in [-0.39, 0.29) is 18.1 Å². The number of amides is 1. The van der Waals surface area contributed by atoms with Gasteiger partial charge in [-0.1, -0.05) is 12.1 Å². The molecule has 2 aromatic rings. The Morgan fingerprint density at radius 3 is 2.77 bits per heavy atom. The number of hydrogen-bond acceptors (Lipinski definition) is 4. The third-order valence-corrected chi connectivity index (χ3v) is 3.59. The standard InChI is InChI=1S/C16H15BrN2O3/c1-10-4-3-5-14(11(10)2)19-15(20)9-22-16(21)12-6-13(17)8-18-7-12/h3-8H,9H2,1-2H3,(H,19,20). The summed E-state index contributed by atoms with van der Waals surface area (Å²) in [7, 11) is 0. The first kappa shape index (κ1) is 16.2. The van der Waals surface area contributed by atoms with Crippen LogP contribution in [0, 0.1) is 13.8 Å². The second kappa shape index (κ2) is 7.17. The van der Waals surface area contributed by atoms with Crippen LogP contribution in [0.4, 0.5) is 5.69 Å². The molecular formula is C16H15BrN2O3. The van der Waals surface area contributed by atoms with E-state index < -0.39 is 5.97 Å². The molecule has 0 saturated heterocycles. The molecule has 0 atom stereocenters. The fraction of sp³-hybridized carbons (Fsp3) is 0.188. The highest BCUT2D eigenvalue weighted by molar-refractivity contribution is 9.10. The predicted molar refractivity (Wildman–Crippen MR) is 86.8 cm³/mol. The number of esters is 1. The van der Waals surface area contributed by atoms with Crippen LogP contribution in [-0.4, -0.2) is 23.5 Å². The first-order valence-corrected chi connectivity index (χ1v) is 7.40. The SMILES string of the molecule is Cc1cccc(NC(=O)COC(=O)c2cncc(Br)c2)c1C. The number of anilines is 1. The highest BCUT2D eigenvalue weighted by atomic mass is 79.9. The number of benzene rings is 1. The van der Waals surface area contributed by atoms with Gasteiger partial charge in [0.2, 0.25) is 0 Å². The topological polar surface area (TPSA) is 68.3 Å². The maximum Gasteiger partial charge on any atom is 0.340 e. The molecule has 0 spiro atoms. The average Bonchev–Trinajstić information content (AvgIpc) is 2.49. The number of carbonyl (C=O) groups excluding carboxylic acids is 2. The maximum absolute atomic E-state index is 11.9. The first-order valence-electron chi connectivity index (χ1n) is 6.61. The first-order chi connectivity index (χ1) is 10.5. The monoisotopic (exact) mass is 362 g/mol. The molecule has 1 aromatic heterocycles. The van der Waals surface area contributed by atoms with Gasteiger partial charge in [-0.15, -0.1) is 0 Å². The number of hydrogen-bond donors (Lipinski definition) is 1. The molecule has 5 nitrogen and oxygen atoms in total. The molecule has 0 aliphatic rings. The van der Waals surface area contributed by atoms with Crippen molar-refractivity contribution in [2.45, 2.75) is 13.8 Å². The van der Waals surface area contributed by atoms with Crippen molar-refractivity contribution < 1.29 is 14.3 Å². The molecule has 0 saturated carbocycles. The molecule has 0 bridgehead atoms. The Morgan fingerprint density at radius 2 is 2.05 bits per heavy atom. The van der Waals surface area contributed by atoms with Gasteiger partial charge in [-0.05, 0) is 53.0 Å². The molecule has 6 heteroatoms. The fourth-order valence-corrected chi connectivity index (χ4v) is 2.18. The quantitative estimate of drug-likeness (QED) is 0.847. The van der Waals surface area contributed by atoms with E-state index in [0.29, 0.717) is 10.2 Å². The smallest absolute Gasteiger partial charge is 0.340 e. The van der Waals surface area contributed by atoms with E-state index in [4.69, 9.17) is 4.74 Å². The minimum absolute atomic E-state index is 0.286. The van der Waals surface area contributed by atoms with Crippen LogP contribution in [0.1, 0.15) is 21.5 Å². The molecule has 0 aliphatic carbocycles. The lowest BCUT2D eigenvalue weighted by Crippen LogP contribution is -2.21. The number of carbonyl (C=O) groups is 2. The van der Waals surface area contributed by atoms with Gasteiger partial charge in [-0.2, -0.15) is 0 Å². The number of aryl methyl sites for hydroxylation is 1. The Labute approximate surface area is 136 Å². The van der Waals surface area contributed by atoms with E-state index >= 15 is 0 Å². The van der Waals surface area contributed by atoms with Crippen molar-refractivity contribution in [3.8, 4) is 0 Å². The van der Waals surface area contributed by atoms with Crippen molar-refractivity contribution in [3.05, 3.63) is 57.8 Å². The molecule has 0 fully saturated rings. The van der Waals surface area contributed by atoms with Gasteiger partial charge in [-0.25, -0.2) is 4.79 Å². The van der Waals surface area contributed by atoms with Crippen LogP contribution in [0.3, 0.4) is 0 Å². The van der Waals surface area contributed by atoms with Crippen molar-refractivity contribution in [1.29, 1.82) is 0 Å². The van der Waals surface area contributed by atoms with Crippen LogP contribution < -0.4 is 5.32 Å². The number of aromatic nitrogens is 1. The van der Waals surface area contributed by atoms with Crippen LogP contribution >= 0.6 is 15.9 Å². The zero-order valence-electron chi connectivity index (χ0n) is 12.2. The van der Waals surface area contributed by atoms with Gasteiger partial charge in [0.1, 0.15) is 0 Å². The highest BCUT2D eigenvalue weighted by Crippen LogP contribution is 2.17. The summed E-state index contributed by atoms with van der Waals surface area (Å²) in [6.45, 7) is 3.54. The van der Waals surface area contributed by atoms with Crippen LogP contribution in [0.15, 0.2) is 41.1 Å². The molecule has 0 unspecified atom stereocenters. The van der Waals surface area contributed by atoms with E-state index in [1.807, 2.05) is 26.0 Å². The summed E-state index contributed by atoms with van der Waals surface area (Å²) >= 11 is 3.22. The predicted octanol–water partition coefficient (Wildman–Crippen LogP) is 3.26. The lowest BCUT2D eigenvalue weighted by atomic mass is 10.1. The number of pyridine rings is 1. The number of halogens is 1. The van der Waals surface area contributed by atoms with Gasteiger partial charge in [0.05, 0.1) is 5.56 Å². The van der Waals surface area contributed by atoms with Gasteiger partial charge in [0, 0.05) is 22.6 Å². The van der Waals surface area contributed by atoms with Gasteiger partial charge in [-0.3, -0.25) is 9.78 Å². The normalized spacial score (nSPS) is 10.1. The summed E-state index contributed by atoms with van der Waals surface area (Å²) < 4.78 is 5.64. The summed E-state index contributed by atoms with van der Waals surface area (Å²) in [5, 5.41) is 2.73. The second-order valence-electron chi connectivity index (χ2n) is 4.76. The van der Waals surface area contributed by atoms with Crippen molar-refractivity contribution >= 4 is 33.5 Å². The Bertz CT molecular complexity index is 716. The van der Waals surface area contributed by atoms with Crippen LogP contribution in [0.5, 0.6) is 0 Å². The summed E-state index contributed by atoms with van der Waals surface area (Å²) in [4.78, 5) is 27.6. The van der Waals surface area contributed by atoms with E-state index in [1.165, 1.54) is 6.20 Å². The zero-order valence-corrected chi connectivity index (χ0v) is 13.8. The van der Waals surface area contributed by atoms with E-state index in [1.54, 1.807) is 18.3 Å². The molecule has 22 heavy (non-hydrogen) atoms.